The van der Waals surface area contributed by atoms with Crippen molar-refractivity contribution in [2.75, 3.05) is 19.3 Å². The van der Waals surface area contributed by atoms with Crippen molar-refractivity contribution in [1.29, 1.82) is 0 Å². The Kier molecular flexibility index (Phi) is 6.42. The number of piperidine rings is 1. The summed E-state index contributed by atoms with van der Waals surface area (Å²) in [4.78, 5) is 18.3. The summed E-state index contributed by atoms with van der Waals surface area (Å²) in [6.07, 6.45) is 6.05. The zero-order chi connectivity index (χ0) is 24.7. The van der Waals surface area contributed by atoms with Crippen LogP contribution in [0.5, 0.6) is 0 Å². The summed E-state index contributed by atoms with van der Waals surface area (Å²) in [5, 5.41) is 0.274. The van der Waals surface area contributed by atoms with Crippen LogP contribution in [0.4, 0.5) is 9.18 Å². The van der Waals surface area contributed by atoms with Gasteiger partial charge in [-0.15, -0.1) is 0 Å². The van der Waals surface area contributed by atoms with E-state index in [9.17, 15) is 17.6 Å². The highest BCUT2D eigenvalue weighted by atomic mass is 32.2. The number of hydrogen-bond donors (Lipinski definition) is 0. The molecule has 0 saturated carbocycles. The number of fused-ring (bicyclic) bond motifs is 1. The van der Waals surface area contributed by atoms with E-state index >= 15 is 0 Å². The van der Waals surface area contributed by atoms with Crippen LogP contribution in [0.3, 0.4) is 0 Å². The minimum atomic E-state index is -3.63. The van der Waals surface area contributed by atoms with Crippen molar-refractivity contribution in [2.24, 2.45) is 0 Å². The number of likely N-dealkylation sites (tertiary alicyclic amines) is 1. The number of carbonyl (C=O) groups is 1. The molecule has 1 aliphatic heterocycles. The molecule has 182 valence electrons. The largest absolute Gasteiger partial charge is 0.444 e. The highest BCUT2D eigenvalue weighted by Gasteiger charge is 2.27. The number of ether oxygens (including phenoxy) is 1. The van der Waals surface area contributed by atoms with E-state index in [0.29, 0.717) is 31.1 Å². The van der Waals surface area contributed by atoms with E-state index < -0.39 is 21.3 Å². The average molecular weight is 488 g/mol. The number of hydrogen-bond acceptors (Lipinski definition) is 5. The number of amides is 1. The number of pyridine rings is 1. The molecule has 1 saturated heterocycles. The molecule has 7 nitrogen and oxygen atoms in total. The number of aromatic nitrogens is 2. The van der Waals surface area contributed by atoms with Gasteiger partial charge in [0.25, 0.3) is 0 Å². The number of sulfone groups is 1. The van der Waals surface area contributed by atoms with Gasteiger partial charge in [-0.3, -0.25) is 4.98 Å². The number of halogens is 1. The molecule has 0 atom stereocenters. The Bertz CT molecular complexity index is 1300. The molecule has 3 heterocycles. The maximum Gasteiger partial charge on any atom is 0.410 e. The molecule has 3 aromatic rings. The van der Waals surface area contributed by atoms with E-state index in [2.05, 4.69) is 11.1 Å². The monoisotopic (exact) mass is 487 g/mol. The summed E-state index contributed by atoms with van der Waals surface area (Å²) in [7, 11) is -3.63. The van der Waals surface area contributed by atoms with Gasteiger partial charge < -0.3 is 14.2 Å². The standard InChI is InChI=1S/C25H30FN3O4S/c1-25(2,3)33-24(30)28-12-9-17(10-13-28)18-5-6-19(27-15-18)16-29-14-11-20-21(29)7-8-22(23(20)26)34(4,31)32/h5-8,11,14-15,17H,9-10,12-13,16H2,1-4H3. The molecular formula is C25H30FN3O4S. The zero-order valence-electron chi connectivity index (χ0n) is 19.9. The molecule has 0 radical (unpaired) electrons. The zero-order valence-corrected chi connectivity index (χ0v) is 20.7. The first kappa shape index (κ1) is 24.2. The summed E-state index contributed by atoms with van der Waals surface area (Å²) >= 11 is 0. The van der Waals surface area contributed by atoms with Gasteiger partial charge in [-0.2, -0.15) is 0 Å². The van der Waals surface area contributed by atoms with Crippen LogP contribution < -0.4 is 0 Å². The number of benzene rings is 1. The maximum absolute atomic E-state index is 14.7. The van der Waals surface area contributed by atoms with Crippen molar-refractivity contribution in [3.8, 4) is 0 Å². The van der Waals surface area contributed by atoms with Crippen LogP contribution in [0.1, 0.15) is 50.8 Å². The fourth-order valence-corrected chi connectivity index (χ4v) is 5.06. The van der Waals surface area contributed by atoms with Crippen molar-refractivity contribution >= 4 is 26.8 Å². The first-order valence-corrected chi connectivity index (χ1v) is 13.2. The highest BCUT2D eigenvalue weighted by Crippen LogP contribution is 2.29. The molecule has 34 heavy (non-hydrogen) atoms. The molecule has 0 unspecified atom stereocenters. The first-order chi connectivity index (χ1) is 15.9. The normalized spacial score (nSPS) is 15.6. The van der Waals surface area contributed by atoms with Crippen molar-refractivity contribution in [3.63, 3.8) is 0 Å². The van der Waals surface area contributed by atoms with Gasteiger partial charge in [-0.1, -0.05) is 6.07 Å². The average Bonchev–Trinajstić information content (AvgIpc) is 3.16. The van der Waals surface area contributed by atoms with Gasteiger partial charge in [0.05, 0.1) is 17.8 Å². The van der Waals surface area contributed by atoms with Gasteiger partial charge >= 0.3 is 6.09 Å². The molecule has 1 aromatic carbocycles. The van der Waals surface area contributed by atoms with Crippen molar-refractivity contribution in [3.05, 3.63) is 59.8 Å². The van der Waals surface area contributed by atoms with Gasteiger partial charge in [0, 0.05) is 37.1 Å². The summed E-state index contributed by atoms with van der Waals surface area (Å²) in [6.45, 7) is 7.34. The third-order valence-corrected chi connectivity index (χ3v) is 7.16. The molecule has 2 aromatic heterocycles. The molecule has 1 aliphatic rings. The third-order valence-electron chi connectivity index (χ3n) is 6.05. The predicted molar refractivity (Wildman–Crippen MR) is 128 cm³/mol. The number of carbonyl (C=O) groups excluding carboxylic acids is 1. The molecule has 0 spiro atoms. The van der Waals surface area contributed by atoms with Gasteiger partial charge in [0.2, 0.25) is 0 Å². The topological polar surface area (TPSA) is 81.5 Å². The molecule has 1 fully saturated rings. The van der Waals surface area contributed by atoms with Crippen LogP contribution in [0.15, 0.2) is 47.6 Å². The minimum absolute atomic E-state index is 0.265. The minimum Gasteiger partial charge on any atom is -0.444 e. The van der Waals surface area contributed by atoms with Crippen molar-refractivity contribution in [2.45, 2.75) is 56.6 Å². The molecular weight excluding hydrogens is 457 g/mol. The van der Waals surface area contributed by atoms with E-state index in [-0.39, 0.29) is 16.4 Å². The Balaban J connectivity index is 1.42. The van der Waals surface area contributed by atoms with Crippen molar-refractivity contribution < 1.29 is 22.3 Å². The van der Waals surface area contributed by atoms with Crippen LogP contribution in [-0.4, -0.2) is 53.9 Å². The van der Waals surface area contributed by atoms with Gasteiger partial charge in [-0.25, -0.2) is 17.6 Å². The SMILES string of the molecule is CC(C)(C)OC(=O)N1CCC(c2ccc(Cn3ccc4c(F)c(S(C)(=O)=O)ccc43)nc2)CC1. The van der Waals surface area contributed by atoms with Crippen LogP contribution in [0, 0.1) is 5.82 Å². The second-order valence-corrected chi connectivity index (χ2v) is 11.8. The highest BCUT2D eigenvalue weighted by molar-refractivity contribution is 7.90. The summed E-state index contributed by atoms with van der Waals surface area (Å²) in [5.74, 6) is -0.393. The summed E-state index contributed by atoms with van der Waals surface area (Å²) in [6, 6.07) is 8.55. The van der Waals surface area contributed by atoms with Crippen LogP contribution in [0.2, 0.25) is 0 Å². The fraction of sp³-hybridized carbons (Fsp3) is 0.440. The Morgan fingerprint density at radius 3 is 2.44 bits per heavy atom. The van der Waals surface area contributed by atoms with E-state index in [4.69, 9.17) is 4.74 Å². The van der Waals surface area contributed by atoms with Gasteiger partial charge in [0.15, 0.2) is 15.7 Å². The quantitative estimate of drug-likeness (QED) is 0.531. The van der Waals surface area contributed by atoms with E-state index in [0.717, 1.165) is 30.4 Å². The van der Waals surface area contributed by atoms with E-state index in [1.165, 1.54) is 6.07 Å². The third kappa shape index (κ3) is 5.24. The lowest BCUT2D eigenvalue weighted by molar-refractivity contribution is 0.0205. The molecule has 0 N–H and O–H groups in total. The summed E-state index contributed by atoms with van der Waals surface area (Å²) < 4.78 is 45.6. The predicted octanol–water partition coefficient (Wildman–Crippen LogP) is 4.74. The van der Waals surface area contributed by atoms with Crippen LogP contribution in [-0.2, 0) is 21.1 Å². The molecule has 0 bridgehead atoms. The lowest BCUT2D eigenvalue weighted by Crippen LogP contribution is -2.41. The molecule has 4 rings (SSSR count). The number of rotatable bonds is 4. The van der Waals surface area contributed by atoms with Crippen molar-refractivity contribution in [1.82, 2.24) is 14.5 Å². The van der Waals surface area contributed by atoms with Gasteiger partial charge in [-0.05, 0) is 69.4 Å². The second-order valence-electron chi connectivity index (χ2n) is 9.85. The molecule has 1 amide bonds. The van der Waals surface area contributed by atoms with Crippen LogP contribution >= 0.6 is 0 Å². The Morgan fingerprint density at radius 1 is 1.15 bits per heavy atom. The lowest BCUT2D eigenvalue weighted by Gasteiger charge is -2.33. The number of nitrogens with zero attached hydrogens (tertiary/aromatic N) is 3. The first-order valence-electron chi connectivity index (χ1n) is 11.3. The smallest absolute Gasteiger partial charge is 0.410 e. The molecule has 9 heteroatoms. The second kappa shape index (κ2) is 9.02. The molecule has 0 aliphatic carbocycles. The van der Waals surface area contributed by atoms with Crippen LogP contribution in [0.25, 0.3) is 10.9 Å². The summed E-state index contributed by atoms with van der Waals surface area (Å²) in [5.41, 5.74) is 2.07. The Labute approximate surface area is 199 Å². The van der Waals surface area contributed by atoms with E-state index in [1.807, 2.05) is 37.6 Å². The Morgan fingerprint density at radius 2 is 1.85 bits per heavy atom. The fourth-order valence-electron chi connectivity index (χ4n) is 4.31. The van der Waals surface area contributed by atoms with Gasteiger partial charge in [0.1, 0.15) is 10.5 Å². The Hall–Kier alpha value is -2.94. The maximum atomic E-state index is 14.7. The lowest BCUT2D eigenvalue weighted by atomic mass is 9.90. The van der Waals surface area contributed by atoms with E-state index in [1.54, 1.807) is 23.2 Å².